The number of carboxylic acids is 1. The summed E-state index contributed by atoms with van der Waals surface area (Å²) in [4.78, 5) is 26.4. The van der Waals surface area contributed by atoms with Crippen molar-refractivity contribution in [3.63, 3.8) is 0 Å². The fourth-order valence-corrected chi connectivity index (χ4v) is 1.83. The summed E-state index contributed by atoms with van der Waals surface area (Å²) in [5.41, 5.74) is -0.103. The Labute approximate surface area is 104 Å². The molecule has 6 nitrogen and oxygen atoms in total. The Balaban J connectivity index is 2.03. The highest BCUT2D eigenvalue weighted by Gasteiger charge is 2.28. The summed E-state index contributed by atoms with van der Waals surface area (Å²) in [5, 5.41) is 11.4. The van der Waals surface area contributed by atoms with E-state index < -0.39 is 12.1 Å². The molecule has 1 amide bonds. The van der Waals surface area contributed by atoms with Gasteiger partial charge in [0.1, 0.15) is 11.9 Å². The first kappa shape index (κ1) is 12.5. The lowest BCUT2D eigenvalue weighted by atomic mass is 10.2. The second kappa shape index (κ2) is 5.14. The zero-order chi connectivity index (χ0) is 13.1. The minimum Gasteiger partial charge on any atom is -0.477 e. The SMILES string of the molecule is CC1CCC(C(=O)Nc2cccc(C(=O)O)n2)O1. The summed E-state index contributed by atoms with van der Waals surface area (Å²) in [6.07, 6.45) is 1.13. The van der Waals surface area contributed by atoms with Crippen LogP contribution in [0.15, 0.2) is 18.2 Å². The number of anilines is 1. The molecule has 2 heterocycles. The molecule has 1 aromatic heterocycles. The van der Waals surface area contributed by atoms with Crippen LogP contribution < -0.4 is 5.32 Å². The van der Waals surface area contributed by atoms with Crippen LogP contribution in [-0.2, 0) is 9.53 Å². The molecule has 18 heavy (non-hydrogen) atoms. The topological polar surface area (TPSA) is 88.5 Å². The molecule has 0 radical (unpaired) electrons. The van der Waals surface area contributed by atoms with Crippen LogP contribution in [0.5, 0.6) is 0 Å². The molecule has 0 spiro atoms. The number of ether oxygens (including phenoxy) is 1. The highest BCUT2D eigenvalue weighted by Crippen LogP contribution is 2.20. The fraction of sp³-hybridized carbons (Fsp3) is 0.417. The van der Waals surface area contributed by atoms with E-state index in [-0.39, 0.29) is 23.5 Å². The van der Waals surface area contributed by atoms with Crippen molar-refractivity contribution in [2.45, 2.75) is 32.0 Å². The maximum absolute atomic E-state index is 11.8. The molecule has 0 saturated carbocycles. The molecule has 96 valence electrons. The Morgan fingerprint density at radius 1 is 1.44 bits per heavy atom. The molecule has 1 aliphatic rings. The molecule has 0 aliphatic carbocycles. The number of amides is 1. The summed E-state index contributed by atoms with van der Waals surface area (Å²) in [6.45, 7) is 1.91. The number of pyridine rings is 1. The number of nitrogens with one attached hydrogen (secondary N) is 1. The quantitative estimate of drug-likeness (QED) is 0.843. The third kappa shape index (κ3) is 2.84. The number of carboxylic acid groups (broad SMARTS) is 1. The van der Waals surface area contributed by atoms with Crippen molar-refractivity contribution >= 4 is 17.7 Å². The van der Waals surface area contributed by atoms with Crippen molar-refractivity contribution < 1.29 is 19.4 Å². The number of hydrogen-bond donors (Lipinski definition) is 2. The third-order valence-corrected chi connectivity index (χ3v) is 2.74. The summed E-state index contributed by atoms with van der Waals surface area (Å²) in [5.74, 6) is -1.19. The lowest BCUT2D eigenvalue weighted by Gasteiger charge is -2.11. The van der Waals surface area contributed by atoms with Crippen molar-refractivity contribution in [3.8, 4) is 0 Å². The Bertz CT molecular complexity index is 475. The van der Waals surface area contributed by atoms with Crippen molar-refractivity contribution in [1.29, 1.82) is 0 Å². The van der Waals surface area contributed by atoms with Gasteiger partial charge in [-0.1, -0.05) is 6.07 Å². The molecule has 1 saturated heterocycles. The van der Waals surface area contributed by atoms with Gasteiger partial charge < -0.3 is 15.2 Å². The molecule has 2 unspecified atom stereocenters. The van der Waals surface area contributed by atoms with E-state index >= 15 is 0 Å². The standard InChI is InChI=1S/C12H14N2O4/c1-7-5-6-9(18-7)11(15)14-10-4-2-3-8(13-10)12(16)17/h2-4,7,9H,5-6H2,1H3,(H,16,17)(H,13,14,15). The second-order valence-electron chi connectivity index (χ2n) is 4.22. The Morgan fingerprint density at radius 3 is 2.83 bits per heavy atom. The first-order valence-corrected chi connectivity index (χ1v) is 5.73. The van der Waals surface area contributed by atoms with E-state index in [1.807, 2.05) is 6.92 Å². The largest absolute Gasteiger partial charge is 0.477 e. The lowest BCUT2D eigenvalue weighted by molar-refractivity contribution is -0.126. The number of aromatic nitrogens is 1. The number of carbonyl (C=O) groups is 2. The maximum atomic E-state index is 11.8. The Kier molecular flexibility index (Phi) is 3.57. The smallest absolute Gasteiger partial charge is 0.354 e. The highest BCUT2D eigenvalue weighted by atomic mass is 16.5. The molecule has 6 heteroatoms. The molecule has 1 aliphatic heterocycles. The molecular formula is C12H14N2O4. The average molecular weight is 250 g/mol. The van der Waals surface area contributed by atoms with Gasteiger partial charge in [0.2, 0.25) is 0 Å². The predicted octanol–water partition coefficient (Wildman–Crippen LogP) is 1.29. The van der Waals surface area contributed by atoms with Crippen LogP contribution >= 0.6 is 0 Å². The van der Waals surface area contributed by atoms with Crippen LogP contribution in [0.3, 0.4) is 0 Å². The Hall–Kier alpha value is -1.95. The van der Waals surface area contributed by atoms with E-state index in [1.165, 1.54) is 12.1 Å². The average Bonchev–Trinajstić information content (AvgIpc) is 2.76. The number of nitrogens with zero attached hydrogens (tertiary/aromatic N) is 1. The van der Waals surface area contributed by atoms with E-state index in [0.717, 1.165) is 6.42 Å². The predicted molar refractivity (Wildman–Crippen MR) is 63.4 cm³/mol. The van der Waals surface area contributed by atoms with Crippen LogP contribution in [-0.4, -0.2) is 34.2 Å². The zero-order valence-corrected chi connectivity index (χ0v) is 9.92. The molecule has 2 atom stereocenters. The van der Waals surface area contributed by atoms with Gasteiger partial charge in [-0.2, -0.15) is 0 Å². The van der Waals surface area contributed by atoms with Crippen LogP contribution in [0, 0.1) is 0 Å². The van der Waals surface area contributed by atoms with Crippen molar-refractivity contribution in [2.24, 2.45) is 0 Å². The molecule has 0 aromatic carbocycles. The van der Waals surface area contributed by atoms with Gasteiger partial charge in [-0.05, 0) is 31.9 Å². The first-order chi connectivity index (χ1) is 8.56. The third-order valence-electron chi connectivity index (χ3n) is 2.74. The summed E-state index contributed by atoms with van der Waals surface area (Å²) >= 11 is 0. The van der Waals surface area contributed by atoms with Gasteiger partial charge in [-0.15, -0.1) is 0 Å². The number of rotatable bonds is 3. The van der Waals surface area contributed by atoms with Crippen LogP contribution in [0.1, 0.15) is 30.3 Å². The lowest BCUT2D eigenvalue weighted by Crippen LogP contribution is -2.28. The van der Waals surface area contributed by atoms with E-state index in [1.54, 1.807) is 6.07 Å². The van der Waals surface area contributed by atoms with Crippen molar-refractivity contribution in [3.05, 3.63) is 23.9 Å². The number of carbonyl (C=O) groups excluding carboxylic acids is 1. The van der Waals surface area contributed by atoms with Gasteiger partial charge in [0, 0.05) is 0 Å². The first-order valence-electron chi connectivity index (χ1n) is 5.73. The fourth-order valence-electron chi connectivity index (χ4n) is 1.83. The monoisotopic (exact) mass is 250 g/mol. The van der Waals surface area contributed by atoms with E-state index in [2.05, 4.69) is 10.3 Å². The van der Waals surface area contributed by atoms with Gasteiger partial charge in [0.05, 0.1) is 6.10 Å². The van der Waals surface area contributed by atoms with Crippen LogP contribution in [0.25, 0.3) is 0 Å². The highest BCUT2D eigenvalue weighted by molar-refractivity contribution is 5.94. The normalized spacial score (nSPS) is 22.7. The van der Waals surface area contributed by atoms with Gasteiger partial charge in [0.15, 0.2) is 5.69 Å². The molecule has 2 rings (SSSR count). The molecule has 1 fully saturated rings. The molecule has 2 N–H and O–H groups in total. The zero-order valence-electron chi connectivity index (χ0n) is 9.92. The maximum Gasteiger partial charge on any atom is 0.354 e. The summed E-state index contributed by atoms with van der Waals surface area (Å²) in [7, 11) is 0. The summed E-state index contributed by atoms with van der Waals surface area (Å²) in [6, 6.07) is 4.44. The van der Waals surface area contributed by atoms with Crippen LogP contribution in [0.4, 0.5) is 5.82 Å². The van der Waals surface area contributed by atoms with Gasteiger partial charge in [-0.25, -0.2) is 9.78 Å². The van der Waals surface area contributed by atoms with Gasteiger partial charge in [0.25, 0.3) is 5.91 Å². The second-order valence-corrected chi connectivity index (χ2v) is 4.22. The van der Waals surface area contributed by atoms with Crippen molar-refractivity contribution in [2.75, 3.05) is 5.32 Å². The number of aromatic carboxylic acids is 1. The molecule has 0 bridgehead atoms. The van der Waals surface area contributed by atoms with E-state index in [9.17, 15) is 9.59 Å². The number of hydrogen-bond acceptors (Lipinski definition) is 4. The minimum absolute atomic E-state index is 0.0825. The van der Waals surface area contributed by atoms with Crippen LogP contribution in [0.2, 0.25) is 0 Å². The van der Waals surface area contributed by atoms with E-state index in [0.29, 0.717) is 6.42 Å². The van der Waals surface area contributed by atoms with Gasteiger partial charge in [-0.3, -0.25) is 4.79 Å². The summed E-state index contributed by atoms with van der Waals surface area (Å²) < 4.78 is 5.42. The molecular weight excluding hydrogens is 236 g/mol. The Morgan fingerprint density at radius 2 is 2.22 bits per heavy atom. The van der Waals surface area contributed by atoms with Gasteiger partial charge >= 0.3 is 5.97 Å². The minimum atomic E-state index is -1.13. The molecule has 1 aromatic rings. The van der Waals surface area contributed by atoms with Crippen molar-refractivity contribution in [1.82, 2.24) is 4.98 Å². The van der Waals surface area contributed by atoms with E-state index in [4.69, 9.17) is 9.84 Å².